The highest BCUT2D eigenvalue weighted by atomic mass is 16.5. The van der Waals surface area contributed by atoms with Gasteiger partial charge in [0.1, 0.15) is 11.4 Å². The Morgan fingerprint density at radius 2 is 1.91 bits per heavy atom. The first-order valence-electron chi connectivity index (χ1n) is 7.33. The van der Waals surface area contributed by atoms with E-state index in [1.165, 1.54) is 7.11 Å². The number of esters is 1. The van der Waals surface area contributed by atoms with Crippen LogP contribution in [0.3, 0.4) is 0 Å². The maximum absolute atomic E-state index is 12.5. The lowest BCUT2D eigenvalue weighted by Gasteiger charge is -2.20. The van der Waals surface area contributed by atoms with Crippen molar-refractivity contribution in [3.8, 4) is 5.75 Å². The SMILES string of the molecule is COC(=O)Cc1c(C(=O)NC(C)(C)C)[nH]c2ccc(OC)cc12. The molecule has 0 atom stereocenters. The minimum absolute atomic E-state index is 0.0105. The van der Waals surface area contributed by atoms with Gasteiger partial charge in [0.05, 0.1) is 20.6 Å². The molecule has 0 bridgehead atoms. The number of carbonyl (C=O) groups is 2. The lowest BCUT2D eigenvalue weighted by molar-refractivity contribution is -0.139. The van der Waals surface area contributed by atoms with E-state index >= 15 is 0 Å². The number of methoxy groups -OCH3 is 2. The summed E-state index contributed by atoms with van der Waals surface area (Å²) in [5.74, 6) is -0.00417. The van der Waals surface area contributed by atoms with E-state index in [2.05, 4.69) is 10.3 Å². The summed E-state index contributed by atoms with van der Waals surface area (Å²) in [4.78, 5) is 27.4. The number of aromatic nitrogens is 1. The molecule has 1 aromatic heterocycles. The summed E-state index contributed by atoms with van der Waals surface area (Å²) in [6.07, 6.45) is 0.0105. The van der Waals surface area contributed by atoms with Crippen LogP contribution in [0.25, 0.3) is 10.9 Å². The zero-order chi connectivity index (χ0) is 17.2. The van der Waals surface area contributed by atoms with E-state index in [0.29, 0.717) is 17.0 Å². The summed E-state index contributed by atoms with van der Waals surface area (Å²) in [5.41, 5.74) is 1.36. The minimum atomic E-state index is -0.404. The molecule has 6 nitrogen and oxygen atoms in total. The number of nitrogens with one attached hydrogen (secondary N) is 2. The molecule has 0 unspecified atom stereocenters. The van der Waals surface area contributed by atoms with Gasteiger partial charge in [-0.25, -0.2) is 0 Å². The monoisotopic (exact) mass is 318 g/mol. The van der Waals surface area contributed by atoms with Gasteiger partial charge in [-0.05, 0) is 39.0 Å². The Kier molecular flexibility index (Phi) is 4.63. The van der Waals surface area contributed by atoms with Crippen molar-refractivity contribution in [1.82, 2.24) is 10.3 Å². The van der Waals surface area contributed by atoms with Crippen LogP contribution in [0.4, 0.5) is 0 Å². The molecule has 1 amide bonds. The van der Waals surface area contributed by atoms with E-state index < -0.39 is 5.97 Å². The first kappa shape index (κ1) is 16.9. The molecule has 1 aromatic carbocycles. The Labute approximate surface area is 135 Å². The number of carbonyl (C=O) groups excluding carboxylic acids is 2. The number of rotatable bonds is 4. The fourth-order valence-corrected chi connectivity index (χ4v) is 2.35. The first-order chi connectivity index (χ1) is 10.7. The van der Waals surface area contributed by atoms with Gasteiger partial charge in [0, 0.05) is 22.0 Å². The van der Waals surface area contributed by atoms with Crippen molar-refractivity contribution in [1.29, 1.82) is 0 Å². The van der Waals surface area contributed by atoms with Gasteiger partial charge in [0.2, 0.25) is 0 Å². The maximum Gasteiger partial charge on any atom is 0.310 e. The van der Waals surface area contributed by atoms with Gasteiger partial charge >= 0.3 is 5.97 Å². The third kappa shape index (κ3) is 3.83. The van der Waals surface area contributed by atoms with E-state index in [1.54, 1.807) is 19.2 Å². The number of fused-ring (bicyclic) bond motifs is 1. The predicted octanol–water partition coefficient (Wildman–Crippen LogP) is 2.42. The molecule has 0 radical (unpaired) electrons. The Balaban J connectivity index is 2.55. The largest absolute Gasteiger partial charge is 0.497 e. The van der Waals surface area contributed by atoms with Crippen LogP contribution >= 0.6 is 0 Å². The van der Waals surface area contributed by atoms with Gasteiger partial charge in [0.25, 0.3) is 5.91 Å². The van der Waals surface area contributed by atoms with Crippen LogP contribution < -0.4 is 10.1 Å². The van der Waals surface area contributed by atoms with Gasteiger partial charge in [-0.3, -0.25) is 9.59 Å². The molecule has 2 N–H and O–H groups in total. The van der Waals surface area contributed by atoms with Crippen LogP contribution in [-0.4, -0.2) is 36.6 Å². The second-order valence-electron chi connectivity index (χ2n) is 6.35. The highest BCUT2D eigenvalue weighted by Crippen LogP contribution is 2.27. The molecule has 0 spiro atoms. The van der Waals surface area contributed by atoms with E-state index in [4.69, 9.17) is 9.47 Å². The van der Waals surface area contributed by atoms with Gasteiger partial charge in [-0.2, -0.15) is 0 Å². The average molecular weight is 318 g/mol. The molecule has 23 heavy (non-hydrogen) atoms. The standard InChI is InChI=1S/C17H22N2O4/c1-17(2,3)19-16(21)15-12(9-14(20)23-5)11-8-10(22-4)6-7-13(11)18-15/h6-8,18H,9H2,1-5H3,(H,19,21). The molecular formula is C17H22N2O4. The fourth-order valence-electron chi connectivity index (χ4n) is 2.35. The van der Waals surface area contributed by atoms with Crippen molar-refractivity contribution in [2.24, 2.45) is 0 Å². The van der Waals surface area contributed by atoms with Crippen molar-refractivity contribution in [2.75, 3.05) is 14.2 Å². The van der Waals surface area contributed by atoms with Crippen LogP contribution in [0, 0.1) is 0 Å². The molecule has 2 rings (SSSR count). The summed E-state index contributed by atoms with van der Waals surface area (Å²) < 4.78 is 9.98. The van der Waals surface area contributed by atoms with Gasteiger partial charge in [0.15, 0.2) is 0 Å². The number of ether oxygens (including phenoxy) is 2. The van der Waals surface area contributed by atoms with E-state index in [0.717, 1.165) is 10.9 Å². The van der Waals surface area contributed by atoms with Gasteiger partial charge < -0.3 is 19.8 Å². The van der Waals surface area contributed by atoms with E-state index in [9.17, 15) is 9.59 Å². The zero-order valence-corrected chi connectivity index (χ0v) is 14.1. The average Bonchev–Trinajstić information content (AvgIpc) is 2.83. The lowest BCUT2D eigenvalue weighted by atomic mass is 10.0. The topological polar surface area (TPSA) is 80.4 Å². The number of aromatic amines is 1. The molecular weight excluding hydrogens is 296 g/mol. The third-order valence-corrected chi connectivity index (χ3v) is 3.38. The van der Waals surface area contributed by atoms with Crippen LogP contribution in [-0.2, 0) is 16.0 Å². The van der Waals surface area contributed by atoms with Crippen LogP contribution in [0.2, 0.25) is 0 Å². The number of H-pyrrole nitrogens is 1. The molecule has 6 heteroatoms. The van der Waals surface area contributed by atoms with Crippen molar-refractivity contribution in [3.05, 3.63) is 29.5 Å². The summed E-state index contributed by atoms with van der Waals surface area (Å²) in [6, 6.07) is 5.42. The molecule has 0 fully saturated rings. The smallest absolute Gasteiger partial charge is 0.310 e. The lowest BCUT2D eigenvalue weighted by Crippen LogP contribution is -2.41. The van der Waals surface area contributed by atoms with Gasteiger partial charge in [-0.15, -0.1) is 0 Å². The number of hydrogen-bond acceptors (Lipinski definition) is 4. The summed E-state index contributed by atoms with van der Waals surface area (Å²) in [7, 11) is 2.90. The van der Waals surface area contributed by atoms with E-state index in [-0.39, 0.29) is 17.9 Å². The molecule has 124 valence electrons. The Hall–Kier alpha value is -2.50. The molecule has 0 aliphatic rings. The zero-order valence-electron chi connectivity index (χ0n) is 14.1. The Morgan fingerprint density at radius 3 is 2.48 bits per heavy atom. The molecule has 0 saturated heterocycles. The molecule has 2 aromatic rings. The van der Waals surface area contributed by atoms with Crippen molar-refractivity contribution < 1.29 is 19.1 Å². The molecule has 0 saturated carbocycles. The first-order valence-corrected chi connectivity index (χ1v) is 7.33. The normalized spacial score (nSPS) is 11.3. The number of benzene rings is 1. The minimum Gasteiger partial charge on any atom is -0.497 e. The molecule has 0 aliphatic carbocycles. The van der Waals surface area contributed by atoms with Crippen molar-refractivity contribution in [3.63, 3.8) is 0 Å². The van der Waals surface area contributed by atoms with Crippen LogP contribution in [0.5, 0.6) is 5.75 Å². The molecule has 0 aliphatic heterocycles. The highest BCUT2D eigenvalue weighted by molar-refractivity contribution is 6.03. The predicted molar refractivity (Wildman–Crippen MR) is 87.8 cm³/mol. The second kappa shape index (κ2) is 6.32. The van der Waals surface area contributed by atoms with Crippen LogP contribution in [0.15, 0.2) is 18.2 Å². The van der Waals surface area contributed by atoms with Crippen molar-refractivity contribution in [2.45, 2.75) is 32.7 Å². The van der Waals surface area contributed by atoms with Crippen molar-refractivity contribution >= 4 is 22.8 Å². The fraction of sp³-hybridized carbons (Fsp3) is 0.412. The van der Waals surface area contributed by atoms with Gasteiger partial charge in [-0.1, -0.05) is 0 Å². The summed E-state index contributed by atoms with van der Waals surface area (Å²) in [5, 5.41) is 3.68. The quantitative estimate of drug-likeness (QED) is 0.848. The summed E-state index contributed by atoms with van der Waals surface area (Å²) >= 11 is 0. The Morgan fingerprint density at radius 1 is 1.22 bits per heavy atom. The molecule has 1 heterocycles. The number of amides is 1. The summed E-state index contributed by atoms with van der Waals surface area (Å²) in [6.45, 7) is 5.70. The Bertz CT molecular complexity index is 741. The third-order valence-electron chi connectivity index (χ3n) is 3.38. The van der Waals surface area contributed by atoms with Crippen LogP contribution in [0.1, 0.15) is 36.8 Å². The maximum atomic E-state index is 12.5. The number of hydrogen-bond donors (Lipinski definition) is 2. The second-order valence-corrected chi connectivity index (χ2v) is 6.35. The van der Waals surface area contributed by atoms with E-state index in [1.807, 2.05) is 26.8 Å². The highest BCUT2D eigenvalue weighted by Gasteiger charge is 2.23.